The molecule has 2 aliphatic rings. The van der Waals surface area contributed by atoms with Crippen molar-refractivity contribution < 1.29 is 4.79 Å². The molecule has 0 aromatic carbocycles. The number of aromatic nitrogens is 1. The summed E-state index contributed by atoms with van der Waals surface area (Å²) in [6.45, 7) is 3.60. The molecule has 0 spiro atoms. The Kier molecular flexibility index (Phi) is 4.33. The summed E-state index contributed by atoms with van der Waals surface area (Å²) in [5.74, 6) is 1.34. The van der Waals surface area contributed by atoms with Crippen LogP contribution in [-0.2, 0) is 4.79 Å². The van der Waals surface area contributed by atoms with E-state index in [9.17, 15) is 4.79 Å². The molecule has 2 saturated heterocycles. The summed E-state index contributed by atoms with van der Waals surface area (Å²) in [6.07, 6.45) is 4.07. The molecule has 0 aliphatic carbocycles. The van der Waals surface area contributed by atoms with Crippen LogP contribution in [0.3, 0.4) is 0 Å². The lowest BCUT2D eigenvalue weighted by Crippen LogP contribution is -2.46. The van der Waals surface area contributed by atoms with Gasteiger partial charge < -0.3 is 10.6 Å². The van der Waals surface area contributed by atoms with E-state index in [0.29, 0.717) is 24.3 Å². The number of carbonyl (C=O) groups is 1. The minimum Gasteiger partial charge on any atom is -0.314 e. The smallest absolute Gasteiger partial charge is 0.239 e. The number of fused-ring (bicyclic) bond motifs is 1. The molecule has 2 fully saturated rings. The van der Waals surface area contributed by atoms with Crippen LogP contribution in [0, 0.1) is 5.92 Å². The first-order chi connectivity index (χ1) is 9.70. The summed E-state index contributed by atoms with van der Waals surface area (Å²) >= 11 is 3.33. The summed E-state index contributed by atoms with van der Waals surface area (Å²) in [5, 5.41) is 6.38. The number of anilines is 1. The maximum atomic E-state index is 12.0. The lowest BCUT2D eigenvalue weighted by Gasteiger charge is -2.34. The van der Waals surface area contributed by atoms with Crippen molar-refractivity contribution in [2.45, 2.75) is 18.9 Å². The van der Waals surface area contributed by atoms with Crippen LogP contribution in [0.15, 0.2) is 22.8 Å². The first-order valence-electron chi connectivity index (χ1n) is 7.08. The van der Waals surface area contributed by atoms with E-state index in [4.69, 9.17) is 0 Å². The molecule has 2 unspecified atom stereocenters. The number of piperidine rings is 1. The van der Waals surface area contributed by atoms with E-state index in [1.54, 1.807) is 12.3 Å². The fraction of sp³-hybridized carbons (Fsp3) is 0.571. The summed E-state index contributed by atoms with van der Waals surface area (Å²) in [7, 11) is 0. The van der Waals surface area contributed by atoms with Gasteiger partial charge in [-0.3, -0.25) is 9.69 Å². The highest BCUT2D eigenvalue weighted by atomic mass is 79.9. The molecule has 0 radical (unpaired) electrons. The number of hydrogen-bond donors (Lipinski definition) is 2. The van der Waals surface area contributed by atoms with Crippen molar-refractivity contribution in [1.82, 2.24) is 15.2 Å². The van der Waals surface area contributed by atoms with Gasteiger partial charge in [-0.25, -0.2) is 4.98 Å². The molecule has 2 aliphatic heterocycles. The molecular weight excluding hydrogens is 320 g/mol. The number of nitrogens with zero attached hydrogens (tertiary/aromatic N) is 2. The molecule has 2 atom stereocenters. The summed E-state index contributed by atoms with van der Waals surface area (Å²) in [5.41, 5.74) is 0. The van der Waals surface area contributed by atoms with Crippen molar-refractivity contribution in [3.05, 3.63) is 22.8 Å². The molecule has 6 heteroatoms. The van der Waals surface area contributed by atoms with Crippen LogP contribution in [0.5, 0.6) is 0 Å². The van der Waals surface area contributed by atoms with E-state index in [2.05, 4.69) is 36.4 Å². The molecule has 0 bridgehead atoms. The van der Waals surface area contributed by atoms with Gasteiger partial charge in [-0.2, -0.15) is 0 Å². The van der Waals surface area contributed by atoms with Gasteiger partial charge in [-0.1, -0.05) is 0 Å². The highest BCUT2D eigenvalue weighted by molar-refractivity contribution is 9.10. The Labute approximate surface area is 127 Å². The highest BCUT2D eigenvalue weighted by Gasteiger charge is 2.32. The monoisotopic (exact) mass is 338 g/mol. The van der Waals surface area contributed by atoms with Gasteiger partial charge in [0.05, 0.1) is 6.54 Å². The third-order valence-corrected chi connectivity index (χ3v) is 4.57. The molecule has 5 nitrogen and oxygen atoms in total. The molecule has 1 amide bonds. The zero-order valence-electron chi connectivity index (χ0n) is 11.3. The Bertz CT molecular complexity index is 479. The molecule has 1 aromatic heterocycles. The van der Waals surface area contributed by atoms with E-state index in [0.717, 1.165) is 30.5 Å². The Morgan fingerprint density at radius 3 is 3.20 bits per heavy atom. The number of hydrogen-bond acceptors (Lipinski definition) is 4. The van der Waals surface area contributed by atoms with E-state index >= 15 is 0 Å². The van der Waals surface area contributed by atoms with Gasteiger partial charge in [0.15, 0.2) is 0 Å². The SMILES string of the molecule is O=C(CN1CCC2NCCC2C1)Nc1ccc(Br)cn1. The second kappa shape index (κ2) is 6.20. The number of nitrogens with one attached hydrogen (secondary N) is 2. The minimum absolute atomic E-state index is 0.0178. The van der Waals surface area contributed by atoms with Crippen molar-refractivity contribution in [2.75, 3.05) is 31.5 Å². The normalized spacial score (nSPS) is 26.2. The van der Waals surface area contributed by atoms with Crippen molar-refractivity contribution in [2.24, 2.45) is 5.92 Å². The van der Waals surface area contributed by atoms with Gasteiger partial charge in [0.2, 0.25) is 5.91 Å². The molecule has 108 valence electrons. The van der Waals surface area contributed by atoms with Gasteiger partial charge in [0.25, 0.3) is 0 Å². The standard InChI is InChI=1S/C14H19BrN4O/c15-11-1-2-13(17-7-11)18-14(20)9-19-6-4-12-10(8-19)3-5-16-12/h1-2,7,10,12,16H,3-6,8-9H2,(H,17,18,20). The third-order valence-electron chi connectivity index (χ3n) is 4.10. The Morgan fingerprint density at radius 2 is 2.40 bits per heavy atom. The van der Waals surface area contributed by atoms with Crippen molar-refractivity contribution in [3.8, 4) is 0 Å². The highest BCUT2D eigenvalue weighted by Crippen LogP contribution is 2.24. The number of rotatable bonds is 3. The van der Waals surface area contributed by atoms with Gasteiger partial charge >= 0.3 is 0 Å². The summed E-state index contributed by atoms with van der Waals surface area (Å²) in [4.78, 5) is 18.4. The number of halogens is 1. The van der Waals surface area contributed by atoms with Crippen LogP contribution in [0.1, 0.15) is 12.8 Å². The second-order valence-electron chi connectivity index (χ2n) is 5.54. The van der Waals surface area contributed by atoms with Crippen LogP contribution in [0.2, 0.25) is 0 Å². The van der Waals surface area contributed by atoms with Gasteiger partial charge in [0, 0.05) is 29.8 Å². The van der Waals surface area contributed by atoms with E-state index in [1.165, 1.54) is 6.42 Å². The van der Waals surface area contributed by atoms with Crippen LogP contribution in [0.4, 0.5) is 5.82 Å². The molecular formula is C14H19BrN4O. The topological polar surface area (TPSA) is 57.3 Å². The second-order valence-corrected chi connectivity index (χ2v) is 6.46. The third kappa shape index (κ3) is 3.37. The summed E-state index contributed by atoms with van der Waals surface area (Å²) < 4.78 is 0.909. The first kappa shape index (κ1) is 14.0. The van der Waals surface area contributed by atoms with Crippen LogP contribution < -0.4 is 10.6 Å². The first-order valence-corrected chi connectivity index (χ1v) is 7.87. The predicted molar refractivity (Wildman–Crippen MR) is 81.5 cm³/mol. The largest absolute Gasteiger partial charge is 0.314 e. The van der Waals surface area contributed by atoms with Crippen LogP contribution in [-0.4, -0.2) is 48.0 Å². The Balaban J connectivity index is 1.50. The average Bonchev–Trinajstić information content (AvgIpc) is 2.89. The van der Waals surface area contributed by atoms with E-state index < -0.39 is 0 Å². The number of amides is 1. The number of likely N-dealkylation sites (tertiary alicyclic amines) is 1. The molecule has 3 heterocycles. The molecule has 0 saturated carbocycles. The van der Waals surface area contributed by atoms with Crippen molar-refractivity contribution in [1.29, 1.82) is 0 Å². The van der Waals surface area contributed by atoms with Gasteiger partial charge in [-0.05, 0) is 53.4 Å². The zero-order valence-corrected chi connectivity index (χ0v) is 12.9. The number of pyridine rings is 1. The molecule has 20 heavy (non-hydrogen) atoms. The maximum absolute atomic E-state index is 12.0. The predicted octanol–water partition coefficient (Wildman–Crippen LogP) is 1.47. The van der Waals surface area contributed by atoms with E-state index in [-0.39, 0.29) is 5.91 Å². The molecule has 1 aromatic rings. The Morgan fingerprint density at radius 1 is 1.50 bits per heavy atom. The summed E-state index contributed by atoms with van der Waals surface area (Å²) in [6, 6.07) is 4.34. The zero-order chi connectivity index (χ0) is 13.9. The van der Waals surface area contributed by atoms with Crippen LogP contribution in [0.25, 0.3) is 0 Å². The average molecular weight is 339 g/mol. The fourth-order valence-corrected chi connectivity index (χ4v) is 3.34. The lowest BCUT2D eigenvalue weighted by atomic mass is 9.93. The quantitative estimate of drug-likeness (QED) is 0.876. The Hall–Kier alpha value is -0.980. The minimum atomic E-state index is 0.0178. The van der Waals surface area contributed by atoms with Gasteiger partial charge in [0.1, 0.15) is 5.82 Å². The van der Waals surface area contributed by atoms with Crippen molar-refractivity contribution in [3.63, 3.8) is 0 Å². The molecule has 3 rings (SSSR count). The van der Waals surface area contributed by atoms with E-state index in [1.807, 2.05) is 6.07 Å². The maximum Gasteiger partial charge on any atom is 0.239 e. The lowest BCUT2D eigenvalue weighted by molar-refractivity contribution is -0.117. The van der Waals surface area contributed by atoms with Gasteiger partial charge in [-0.15, -0.1) is 0 Å². The number of carbonyl (C=O) groups excluding carboxylic acids is 1. The van der Waals surface area contributed by atoms with Crippen molar-refractivity contribution >= 4 is 27.7 Å². The molecule has 2 N–H and O–H groups in total. The van der Waals surface area contributed by atoms with Crippen LogP contribution >= 0.6 is 15.9 Å². The fourth-order valence-electron chi connectivity index (χ4n) is 3.10.